The van der Waals surface area contributed by atoms with Gasteiger partial charge < -0.3 is 9.72 Å². The van der Waals surface area contributed by atoms with Gasteiger partial charge in [-0.2, -0.15) is 5.10 Å². The fourth-order valence-electron chi connectivity index (χ4n) is 4.18. The number of ether oxygens (including phenoxy) is 1. The molecule has 182 valence electrons. The van der Waals surface area contributed by atoms with Gasteiger partial charge in [0, 0.05) is 22.0 Å². The molecule has 1 heterocycles. The van der Waals surface area contributed by atoms with E-state index in [1.165, 1.54) is 6.21 Å². The highest BCUT2D eigenvalue weighted by molar-refractivity contribution is 6.10. The molecule has 0 saturated carbocycles. The topological polar surface area (TPSA) is 83.5 Å². The second kappa shape index (κ2) is 10.3. The van der Waals surface area contributed by atoms with Gasteiger partial charge in [-0.05, 0) is 49.2 Å². The van der Waals surface area contributed by atoms with E-state index in [4.69, 9.17) is 4.74 Å². The Morgan fingerprint density at radius 3 is 2.35 bits per heavy atom. The molecule has 5 aromatic rings. The molecule has 0 unspecified atom stereocenters. The van der Waals surface area contributed by atoms with E-state index in [-0.39, 0.29) is 5.91 Å². The fourth-order valence-corrected chi connectivity index (χ4v) is 4.18. The number of aromatic amines is 1. The molecule has 6 heteroatoms. The molecule has 0 spiro atoms. The lowest BCUT2D eigenvalue weighted by Gasteiger charge is -2.08. The van der Waals surface area contributed by atoms with Crippen LogP contribution in [-0.4, -0.2) is 23.1 Å². The molecule has 0 atom stereocenters. The van der Waals surface area contributed by atoms with Crippen molar-refractivity contribution in [1.29, 1.82) is 0 Å². The van der Waals surface area contributed by atoms with Gasteiger partial charge in [-0.3, -0.25) is 4.79 Å². The first-order valence-corrected chi connectivity index (χ1v) is 11.9. The van der Waals surface area contributed by atoms with Crippen molar-refractivity contribution < 1.29 is 14.3 Å². The lowest BCUT2D eigenvalue weighted by molar-refractivity contribution is 0.0734. The summed E-state index contributed by atoms with van der Waals surface area (Å²) in [6.45, 7) is 3.96. The average molecular weight is 488 g/mol. The van der Waals surface area contributed by atoms with Gasteiger partial charge in [-0.15, -0.1) is 0 Å². The number of carbonyl (C=O) groups excluding carboxylic acids is 2. The van der Waals surface area contributed by atoms with Crippen LogP contribution >= 0.6 is 0 Å². The number of hydrazone groups is 1. The van der Waals surface area contributed by atoms with Crippen LogP contribution < -0.4 is 10.2 Å². The maximum Gasteiger partial charge on any atom is 0.343 e. The summed E-state index contributed by atoms with van der Waals surface area (Å²) in [7, 11) is 0. The number of fused-ring (bicyclic) bond motifs is 1. The number of hydrogen-bond acceptors (Lipinski definition) is 4. The van der Waals surface area contributed by atoms with Crippen LogP contribution in [0.25, 0.3) is 22.0 Å². The van der Waals surface area contributed by atoms with Crippen LogP contribution in [0, 0.1) is 13.8 Å². The monoisotopic (exact) mass is 487 g/mol. The van der Waals surface area contributed by atoms with Crippen LogP contribution in [0.1, 0.15) is 37.5 Å². The number of carbonyl (C=O) groups is 2. The third-order valence-electron chi connectivity index (χ3n) is 6.11. The van der Waals surface area contributed by atoms with Gasteiger partial charge in [0.2, 0.25) is 0 Å². The molecule has 4 aromatic carbocycles. The molecule has 0 aliphatic rings. The quantitative estimate of drug-likeness (QED) is 0.125. The Bertz CT molecular complexity index is 1620. The number of amides is 1. The van der Waals surface area contributed by atoms with E-state index >= 15 is 0 Å². The molecule has 0 saturated heterocycles. The lowest BCUT2D eigenvalue weighted by Crippen LogP contribution is -2.19. The zero-order valence-electron chi connectivity index (χ0n) is 20.5. The number of para-hydroxylation sites is 2. The molecule has 5 rings (SSSR count). The third-order valence-corrected chi connectivity index (χ3v) is 6.11. The summed E-state index contributed by atoms with van der Waals surface area (Å²) >= 11 is 0. The zero-order valence-corrected chi connectivity index (χ0v) is 20.5. The average Bonchev–Trinajstić information content (AvgIpc) is 3.31. The summed E-state index contributed by atoms with van der Waals surface area (Å²) in [4.78, 5) is 29.1. The van der Waals surface area contributed by atoms with E-state index in [2.05, 4.69) is 15.5 Å². The molecule has 0 fully saturated rings. The Morgan fingerprint density at radius 2 is 1.57 bits per heavy atom. The molecule has 0 radical (unpaired) electrons. The van der Waals surface area contributed by atoms with Gasteiger partial charge in [0.15, 0.2) is 0 Å². The van der Waals surface area contributed by atoms with Crippen molar-refractivity contribution in [3.05, 3.63) is 125 Å². The number of rotatable bonds is 6. The number of aryl methyl sites for hydroxylation is 2. The first-order valence-electron chi connectivity index (χ1n) is 11.9. The van der Waals surface area contributed by atoms with Crippen LogP contribution in [0.4, 0.5) is 0 Å². The van der Waals surface area contributed by atoms with E-state index in [0.29, 0.717) is 22.6 Å². The minimum atomic E-state index is -0.467. The maximum absolute atomic E-state index is 13.2. The van der Waals surface area contributed by atoms with Crippen molar-refractivity contribution in [2.45, 2.75) is 13.8 Å². The van der Waals surface area contributed by atoms with Gasteiger partial charge in [0.1, 0.15) is 11.4 Å². The van der Waals surface area contributed by atoms with Crippen molar-refractivity contribution >= 4 is 29.0 Å². The van der Waals surface area contributed by atoms with Crippen LogP contribution in [0.15, 0.2) is 102 Å². The van der Waals surface area contributed by atoms with Crippen molar-refractivity contribution in [2.24, 2.45) is 5.10 Å². The number of benzene rings is 4. The van der Waals surface area contributed by atoms with E-state index in [9.17, 15) is 9.59 Å². The summed E-state index contributed by atoms with van der Waals surface area (Å²) in [6, 6.07) is 29.9. The molecule has 0 bridgehead atoms. The standard InChI is InChI=1S/C31H25N3O3/c1-20-15-17-23(18-16-20)31(36)37-26-14-7-6-12-24(26)19-32-34-30(35)29-27(22-10-4-3-5-11-22)25-13-8-9-21(2)28(25)33-29/h3-19,33H,1-2H3,(H,34,35). The Labute approximate surface area is 214 Å². The molecule has 37 heavy (non-hydrogen) atoms. The van der Waals surface area contributed by atoms with Gasteiger partial charge >= 0.3 is 5.97 Å². The van der Waals surface area contributed by atoms with Crippen LogP contribution in [-0.2, 0) is 0 Å². The third kappa shape index (κ3) is 5.04. The summed E-state index contributed by atoms with van der Waals surface area (Å²) < 4.78 is 5.59. The molecule has 0 aliphatic heterocycles. The summed E-state index contributed by atoms with van der Waals surface area (Å²) in [5.41, 5.74) is 8.80. The van der Waals surface area contributed by atoms with Crippen LogP contribution in [0.2, 0.25) is 0 Å². The Balaban J connectivity index is 1.39. The zero-order chi connectivity index (χ0) is 25.8. The highest BCUT2D eigenvalue weighted by atomic mass is 16.5. The second-order valence-corrected chi connectivity index (χ2v) is 8.73. The van der Waals surface area contributed by atoms with Gasteiger partial charge in [0.05, 0.1) is 11.8 Å². The molecular formula is C31H25N3O3. The Morgan fingerprint density at radius 1 is 0.838 bits per heavy atom. The second-order valence-electron chi connectivity index (χ2n) is 8.73. The minimum Gasteiger partial charge on any atom is -0.422 e. The first-order chi connectivity index (χ1) is 18.0. The largest absolute Gasteiger partial charge is 0.422 e. The van der Waals surface area contributed by atoms with Gasteiger partial charge in [-0.25, -0.2) is 10.2 Å². The molecule has 0 aliphatic carbocycles. The van der Waals surface area contributed by atoms with E-state index in [1.54, 1.807) is 36.4 Å². The molecule has 1 aromatic heterocycles. The van der Waals surface area contributed by atoms with Crippen molar-refractivity contribution in [1.82, 2.24) is 10.4 Å². The summed E-state index contributed by atoms with van der Waals surface area (Å²) in [5, 5.41) is 5.13. The number of nitrogens with zero attached hydrogens (tertiary/aromatic N) is 1. The van der Waals surface area contributed by atoms with Gasteiger partial charge in [-0.1, -0.05) is 78.4 Å². The fraction of sp³-hybridized carbons (Fsp3) is 0.0645. The predicted octanol–water partition coefficient (Wildman–Crippen LogP) is 6.43. The van der Waals surface area contributed by atoms with E-state index in [0.717, 1.165) is 33.2 Å². The SMILES string of the molecule is Cc1ccc(C(=O)Oc2ccccc2C=NNC(=O)c2[nH]c3c(C)cccc3c2-c2ccccc2)cc1. The normalized spacial score (nSPS) is 11.1. The smallest absolute Gasteiger partial charge is 0.343 e. The van der Waals surface area contributed by atoms with Crippen LogP contribution in [0.5, 0.6) is 5.75 Å². The van der Waals surface area contributed by atoms with Crippen molar-refractivity contribution in [3.8, 4) is 16.9 Å². The van der Waals surface area contributed by atoms with Crippen molar-refractivity contribution in [2.75, 3.05) is 0 Å². The van der Waals surface area contributed by atoms with Crippen molar-refractivity contribution in [3.63, 3.8) is 0 Å². The van der Waals surface area contributed by atoms with Gasteiger partial charge in [0.25, 0.3) is 5.91 Å². The predicted molar refractivity (Wildman–Crippen MR) is 146 cm³/mol. The number of esters is 1. The van der Waals surface area contributed by atoms with Crippen LogP contribution in [0.3, 0.4) is 0 Å². The van der Waals surface area contributed by atoms with E-state index < -0.39 is 5.97 Å². The maximum atomic E-state index is 13.2. The van der Waals surface area contributed by atoms with E-state index in [1.807, 2.05) is 74.5 Å². The molecule has 2 N–H and O–H groups in total. The summed E-state index contributed by atoms with van der Waals surface area (Å²) in [5.74, 6) is -0.497. The first kappa shape index (κ1) is 23.8. The number of aromatic nitrogens is 1. The number of nitrogens with one attached hydrogen (secondary N) is 2. The number of hydrogen-bond donors (Lipinski definition) is 2. The Kier molecular flexibility index (Phi) is 6.64. The Hall–Kier alpha value is -4.97. The highest BCUT2D eigenvalue weighted by Crippen LogP contribution is 2.33. The minimum absolute atomic E-state index is 0.345. The summed E-state index contributed by atoms with van der Waals surface area (Å²) in [6.07, 6.45) is 1.46. The lowest BCUT2D eigenvalue weighted by atomic mass is 10.0. The molecular weight excluding hydrogens is 462 g/mol. The molecule has 6 nitrogen and oxygen atoms in total. The highest BCUT2D eigenvalue weighted by Gasteiger charge is 2.20. The molecule has 1 amide bonds. The number of H-pyrrole nitrogens is 1.